The smallest absolute Gasteiger partial charge is 0.328 e. The third-order valence-corrected chi connectivity index (χ3v) is 7.15. The highest BCUT2D eigenvalue weighted by Crippen LogP contribution is 2.27. The van der Waals surface area contributed by atoms with Gasteiger partial charge in [-0.25, -0.2) is 14.6 Å². The highest BCUT2D eigenvalue weighted by atomic mass is 16.5. The molecule has 0 N–H and O–H groups in total. The lowest BCUT2D eigenvalue weighted by Gasteiger charge is -2.35. The molecule has 2 amide bonds. The number of aromatic nitrogens is 1. The number of hydrogen-bond donors (Lipinski definition) is 0. The number of nitrogens with zero attached hydrogens (tertiary/aromatic N) is 3. The second-order valence-corrected chi connectivity index (χ2v) is 9.30. The van der Waals surface area contributed by atoms with Crippen LogP contribution in [0.15, 0.2) is 66.7 Å². The molecule has 194 valence electrons. The summed E-state index contributed by atoms with van der Waals surface area (Å²) >= 11 is 0. The van der Waals surface area contributed by atoms with E-state index in [0.717, 1.165) is 22.3 Å². The monoisotopic (exact) mass is 513 g/mol. The van der Waals surface area contributed by atoms with E-state index in [1.807, 2.05) is 48.5 Å². The van der Waals surface area contributed by atoms with Crippen LogP contribution in [0.2, 0.25) is 0 Å². The number of carbonyl (C=O) groups is 4. The van der Waals surface area contributed by atoms with Crippen molar-refractivity contribution in [3.63, 3.8) is 0 Å². The molecule has 0 saturated carbocycles. The largest absolute Gasteiger partial charge is 0.467 e. The maximum Gasteiger partial charge on any atom is 0.328 e. The summed E-state index contributed by atoms with van der Waals surface area (Å²) in [6.07, 6.45) is 0.641. The van der Waals surface area contributed by atoms with Crippen LogP contribution in [0, 0.1) is 0 Å². The Balaban J connectivity index is 1.45. The van der Waals surface area contributed by atoms with Gasteiger partial charge in [0.25, 0.3) is 11.8 Å². The van der Waals surface area contributed by atoms with Crippen molar-refractivity contribution in [1.29, 1.82) is 0 Å². The van der Waals surface area contributed by atoms with Crippen LogP contribution in [0.4, 0.5) is 0 Å². The molecule has 38 heavy (non-hydrogen) atoms. The van der Waals surface area contributed by atoms with E-state index in [1.54, 1.807) is 6.07 Å². The van der Waals surface area contributed by atoms with Gasteiger partial charge in [-0.3, -0.25) is 9.59 Å². The van der Waals surface area contributed by atoms with Crippen LogP contribution in [-0.4, -0.2) is 64.8 Å². The number of methoxy groups -OCH3 is 2. The van der Waals surface area contributed by atoms with Crippen LogP contribution in [-0.2, 0) is 45.0 Å². The molecule has 0 saturated heterocycles. The first-order valence-electron chi connectivity index (χ1n) is 12.3. The fourth-order valence-electron chi connectivity index (χ4n) is 5.13. The summed E-state index contributed by atoms with van der Waals surface area (Å²) in [7, 11) is 2.58. The Kier molecular flexibility index (Phi) is 6.91. The normalized spacial score (nSPS) is 18.2. The van der Waals surface area contributed by atoms with Gasteiger partial charge >= 0.3 is 11.9 Å². The Morgan fingerprint density at radius 1 is 0.632 bits per heavy atom. The number of ether oxygens (including phenoxy) is 2. The van der Waals surface area contributed by atoms with Gasteiger partial charge in [-0.15, -0.1) is 0 Å². The Bertz CT molecular complexity index is 1320. The van der Waals surface area contributed by atoms with E-state index in [9.17, 15) is 19.2 Å². The fourth-order valence-corrected chi connectivity index (χ4v) is 5.13. The molecule has 2 aromatic carbocycles. The zero-order chi connectivity index (χ0) is 26.8. The Morgan fingerprint density at radius 2 is 1.03 bits per heavy atom. The topological polar surface area (TPSA) is 106 Å². The minimum Gasteiger partial charge on any atom is -0.467 e. The van der Waals surface area contributed by atoms with Gasteiger partial charge in [-0.2, -0.15) is 0 Å². The molecule has 9 heteroatoms. The average molecular weight is 514 g/mol. The first-order valence-corrected chi connectivity index (χ1v) is 12.3. The summed E-state index contributed by atoms with van der Waals surface area (Å²) in [6.45, 7) is 0.421. The molecule has 0 bridgehead atoms. The first-order chi connectivity index (χ1) is 18.4. The van der Waals surface area contributed by atoms with Gasteiger partial charge in [0.05, 0.1) is 14.2 Å². The zero-order valence-corrected chi connectivity index (χ0v) is 21.1. The summed E-state index contributed by atoms with van der Waals surface area (Å²) in [5.41, 5.74) is 3.86. The molecule has 2 aliphatic heterocycles. The third-order valence-electron chi connectivity index (χ3n) is 7.15. The molecular formula is C29H27N3O6. The second-order valence-electron chi connectivity index (χ2n) is 9.30. The molecule has 0 spiro atoms. The number of benzene rings is 2. The summed E-state index contributed by atoms with van der Waals surface area (Å²) in [5.74, 6) is -2.02. The van der Waals surface area contributed by atoms with Gasteiger partial charge in [0.2, 0.25) is 0 Å². The van der Waals surface area contributed by atoms with E-state index in [-0.39, 0.29) is 24.5 Å². The molecule has 0 fully saturated rings. The molecule has 0 radical (unpaired) electrons. The van der Waals surface area contributed by atoms with Crippen molar-refractivity contribution < 1.29 is 28.7 Å². The summed E-state index contributed by atoms with van der Waals surface area (Å²) in [6, 6.07) is 18.2. The van der Waals surface area contributed by atoms with Gasteiger partial charge < -0.3 is 19.3 Å². The first kappa shape index (κ1) is 25.1. The Morgan fingerprint density at radius 3 is 1.42 bits per heavy atom. The minimum atomic E-state index is -0.814. The maximum absolute atomic E-state index is 13.6. The number of pyridine rings is 1. The third kappa shape index (κ3) is 4.63. The van der Waals surface area contributed by atoms with Crippen LogP contribution >= 0.6 is 0 Å². The highest BCUT2D eigenvalue weighted by Gasteiger charge is 2.38. The molecule has 2 aliphatic rings. The van der Waals surface area contributed by atoms with E-state index in [1.165, 1.54) is 36.2 Å². The molecule has 3 heterocycles. The van der Waals surface area contributed by atoms with E-state index in [2.05, 4.69) is 4.98 Å². The molecule has 9 nitrogen and oxygen atoms in total. The van der Waals surface area contributed by atoms with Crippen molar-refractivity contribution in [2.75, 3.05) is 14.2 Å². The Labute approximate surface area is 220 Å². The molecule has 1 aromatic heterocycles. The van der Waals surface area contributed by atoms with Gasteiger partial charge in [0, 0.05) is 25.9 Å². The standard InChI is InChI=1S/C29H27N3O6/c1-37-28(35)24-14-18-8-3-5-10-20(18)16-31(24)26(33)22-12-7-13-23(30-22)27(34)32-17-21-11-6-4-9-19(21)15-25(32)29(36)38-2/h3-13,24-25H,14-17H2,1-2H3/t24-,25-/m0/s1. The van der Waals surface area contributed by atoms with E-state index in [4.69, 9.17) is 9.47 Å². The summed E-state index contributed by atoms with van der Waals surface area (Å²) in [4.78, 5) is 59.7. The molecule has 0 unspecified atom stereocenters. The van der Waals surface area contributed by atoms with Crippen LogP contribution in [0.25, 0.3) is 0 Å². The van der Waals surface area contributed by atoms with E-state index >= 15 is 0 Å². The quantitative estimate of drug-likeness (QED) is 0.494. The van der Waals surface area contributed by atoms with Crippen LogP contribution < -0.4 is 0 Å². The number of hydrogen-bond acceptors (Lipinski definition) is 7. The summed E-state index contributed by atoms with van der Waals surface area (Å²) in [5, 5.41) is 0. The maximum atomic E-state index is 13.6. The van der Waals surface area contributed by atoms with Crippen molar-refractivity contribution >= 4 is 23.8 Å². The number of carbonyl (C=O) groups excluding carboxylic acids is 4. The van der Waals surface area contributed by atoms with Gasteiger partial charge in [-0.05, 0) is 34.4 Å². The molecule has 0 aliphatic carbocycles. The van der Waals surface area contributed by atoms with Crippen LogP contribution in [0.5, 0.6) is 0 Å². The second kappa shape index (κ2) is 10.5. The number of amides is 2. The van der Waals surface area contributed by atoms with Crippen molar-refractivity contribution in [2.45, 2.75) is 38.0 Å². The predicted octanol–water partition coefficient (Wildman–Crippen LogP) is 2.56. The predicted molar refractivity (Wildman–Crippen MR) is 136 cm³/mol. The van der Waals surface area contributed by atoms with Gasteiger partial charge in [0.15, 0.2) is 0 Å². The van der Waals surface area contributed by atoms with E-state index < -0.39 is 35.8 Å². The molecular weight excluding hydrogens is 486 g/mol. The van der Waals surface area contributed by atoms with E-state index in [0.29, 0.717) is 12.8 Å². The molecule has 5 rings (SSSR count). The lowest BCUT2D eigenvalue weighted by atomic mass is 9.93. The molecule has 2 atom stereocenters. The van der Waals surface area contributed by atoms with Crippen molar-refractivity contribution in [3.8, 4) is 0 Å². The highest BCUT2D eigenvalue weighted by molar-refractivity contribution is 5.99. The lowest BCUT2D eigenvalue weighted by molar-refractivity contribution is -0.147. The van der Waals surface area contributed by atoms with Crippen LogP contribution in [0.3, 0.4) is 0 Å². The van der Waals surface area contributed by atoms with Crippen molar-refractivity contribution in [3.05, 3.63) is 100 Å². The number of esters is 2. The number of rotatable bonds is 4. The van der Waals surface area contributed by atoms with Gasteiger partial charge in [-0.1, -0.05) is 54.6 Å². The van der Waals surface area contributed by atoms with Crippen LogP contribution in [0.1, 0.15) is 43.2 Å². The fraction of sp³-hybridized carbons (Fsp3) is 0.276. The van der Waals surface area contributed by atoms with Gasteiger partial charge in [0.1, 0.15) is 23.5 Å². The summed E-state index contributed by atoms with van der Waals surface area (Å²) < 4.78 is 9.96. The SMILES string of the molecule is COC(=O)[C@@H]1Cc2ccccc2CN1C(=O)c1cccc(C(=O)N2Cc3ccccc3C[C@H]2C(=O)OC)n1. The van der Waals surface area contributed by atoms with Crippen molar-refractivity contribution in [1.82, 2.24) is 14.8 Å². The minimum absolute atomic E-state index is 0.0242. The Hall–Kier alpha value is -4.53. The average Bonchev–Trinajstić information content (AvgIpc) is 2.98. The zero-order valence-electron chi connectivity index (χ0n) is 21.1. The molecule has 3 aromatic rings. The van der Waals surface area contributed by atoms with Crippen molar-refractivity contribution in [2.24, 2.45) is 0 Å². The number of fused-ring (bicyclic) bond motifs is 2. The lowest BCUT2D eigenvalue weighted by Crippen LogP contribution is -2.50.